The van der Waals surface area contributed by atoms with Gasteiger partial charge in [-0.25, -0.2) is 0 Å². The quantitative estimate of drug-likeness (QED) is 0.868. The maximum absolute atomic E-state index is 9.53. The first kappa shape index (κ1) is 12.1. The second-order valence-electron chi connectivity index (χ2n) is 5.45. The smallest absolute Gasteiger partial charge is 0.137 e. The molecule has 5 nitrogen and oxygen atoms in total. The third-order valence-corrected chi connectivity index (χ3v) is 4.39. The van der Waals surface area contributed by atoms with Gasteiger partial charge in [0.15, 0.2) is 0 Å². The van der Waals surface area contributed by atoms with Crippen LogP contribution in [0.2, 0.25) is 0 Å². The molecule has 3 rings (SSSR count). The van der Waals surface area contributed by atoms with Crippen LogP contribution in [0.4, 0.5) is 0 Å². The number of aliphatic hydroxyl groups is 1. The van der Waals surface area contributed by atoms with Crippen molar-refractivity contribution in [2.24, 2.45) is 0 Å². The SMILES string of the molecule is CCN1CCC(c2nnc3n2C(CO)CCC3)C1. The Kier molecular flexibility index (Phi) is 3.35. The van der Waals surface area contributed by atoms with Crippen molar-refractivity contribution in [3.8, 4) is 0 Å². The van der Waals surface area contributed by atoms with Gasteiger partial charge in [0.2, 0.25) is 0 Å². The van der Waals surface area contributed by atoms with Crippen LogP contribution in [0, 0.1) is 0 Å². The molecule has 0 aromatic carbocycles. The number of likely N-dealkylation sites (tertiary alicyclic amines) is 1. The van der Waals surface area contributed by atoms with Gasteiger partial charge < -0.3 is 14.6 Å². The summed E-state index contributed by atoms with van der Waals surface area (Å²) in [6, 6.07) is 0.203. The summed E-state index contributed by atoms with van der Waals surface area (Å²) in [5.74, 6) is 2.68. The maximum Gasteiger partial charge on any atom is 0.137 e. The minimum atomic E-state index is 0.203. The van der Waals surface area contributed by atoms with Crippen LogP contribution in [-0.2, 0) is 6.42 Å². The highest BCUT2D eigenvalue weighted by Crippen LogP contribution is 2.32. The molecule has 100 valence electrons. The summed E-state index contributed by atoms with van der Waals surface area (Å²) in [5.41, 5.74) is 0. The standard InChI is InChI=1S/C13H22N4O/c1-2-16-7-6-10(8-16)13-15-14-12-5-3-4-11(9-18)17(12)13/h10-11,18H,2-9H2,1H3. The van der Waals surface area contributed by atoms with Crippen molar-refractivity contribution in [3.05, 3.63) is 11.6 Å². The van der Waals surface area contributed by atoms with E-state index in [1.165, 1.54) is 6.42 Å². The fourth-order valence-electron chi connectivity index (χ4n) is 3.31. The molecule has 0 amide bonds. The van der Waals surface area contributed by atoms with E-state index in [4.69, 9.17) is 0 Å². The van der Waals surface area contributed by atoms with E-state index in [0.29, 0.717) is 5.92 Å². The van der Waals surface area contributed by atoms with Crippen LogP contribution in [0.1, 0.15) is 49.8 Å². The molecule has 0 saturated carbocycles. The molecule has 2 unspecified atom stereocenters. The largest absolute Gasteiger partial charge is 0.394 e. The number of fused-ring (bicyclic) bond motifs is 1. The predicted octanol–water partition coefficient (Wildman–Crippen LogP) is 0.957. The zero-order valence-electron chi connectivity index (χ0n) is 11.0. The van der Waals surface area contributed by atoms with Crippen LogP contribution in [0.25, 0.3) is 0 Å². The topological polar surface area (TPSA) is 54.2 Å². The normalized spacial score (nSPS) is 28.6. The van der Waals surface area contributed by atoms with Crippen molar-refractivity contribution < 1.29 is 5.11 Å². The van der Waals surface area contributed by atoms with Crippen LogP contribution in [-0.4, -0.2) is 51.0 Å². The maximum atomic E-state index is 9.53. The molecule has 0 radical (unpaired) electrons. The molecular formula is C13H22N4O. The second kappa shape index (κ2) is 4.97. The van der Waals surface area contributed by atoms with Crippen molar-refractivity contribution in [1.82, 2.24) is 19.7 Å². The fourth-order valence-corrected chi connectivity index (χ4v) is 3.31. The number of aliphatic hydroxyl groups excluding tert-OH is 1. The molecule has 3 heterocycles. The van der Waals surface area contributed by atoms with Gasteiger partial charge in [-0.2, -0.15) is 0 Å². The Morgan fingerprint density at radius 2 is 2.22 bits per heavy atom. The molecule has 1 saturated heterocycles. The Labute approximate surface area is 108 Å². The molecule has 5 heteroatoms. The van der Waals surface area contributed by atoms with Gasteiger partial charge in [-0.3, -0.25) is 0 Å². The minimum absolute atomic E-state index is 0.203. The third-order valence-electron chi connectivity index (χ3n) is 4.39. The Hall–Kier alpha value is -0.940. The lowest BCUT2D eigenvalue weighted by molar-refractivity contribution is 0.202. The third kappa shape index (κ3) is 1.95. The minimum Gasteiger partial charge on any atom is -0.394 e. The molecule has 1 aromatic heterocycles. The summed E-state index contributed by atoms with van der Waals surface area (Å²) in [5, 5.41) is 18.3. The van der Waals surface area contributed by atoms with E-state index >= 15 is 0 Å². The van der Waals surface area contributed by atoms with Crippen LogP contribution in [0.15, 0.2) is 0 Å². The number of likely N-dealkylation sites (N-methyl/N-ethyl adjacent to an activating group) is 1. The van der Waals surface area contributed by atoms with E-state index in [-0.39, 0.29) is 12.6 Å². The molecule has 1 fully saturated rings. The summed E-state index contributed by atoms with van der Waals surface area (Å²) >= 11 is 0. The van der Waals surface area contributed by atoms with Gasteiger partial charge in [-0.1, -0.05) is 6.92 Å². The van der Waals surface area contributed by atoms with Crippen molar-refractivity contribution in [2.45, 2.75) is 44.6 Å². The molecular weight excluding hydrogens is 228 g/mol. The fraction of sp³-hybridized carbons (Fsp3) is 0.846. The Bertz CT molecular complexity index is 417. The summed E-state index contributed by atoms with van der Waals surface area (Å²) in [6.07, 6.45) is 4.35. The van der Waals surface area contributed by atoms with Crippen LogP contribution in [0.5, 0.6) is 0 Å². The van der Waals surface area contributed by atoms with Gasteiger partial charge in [-0.15, -0.1) is 10.2 Å². The van der Waals surface area contributed by atoms with Crippen LogP contribution < -0.4 is 0 Å². The Balaban J connectivity index is 1.87. The first-order chi connectivity index (χ1) is 8.83. The first-order valence-electron chi connectivity index (χ1n) is 7.10. The van der Waals surface area contributed by atoms with Gasteiger partial charge in [0.1, 0.15) is 11.6 Å². The number of aromatic nitrogens is 3. The number of rotatable bonds is 3. The molecule has 18 heavy (non-hydrogen) atoms. The average Bonchev–Trinajstić information content (AvgIpc) is 3.03. The van der Waals surface area contributed by atoms with Crippen molar-refractivity contribution in [1.29, 1.82) is 0 Å². The van der Waals surface area contributed by atoms with Gasteiger partial charge in [0.25, 0.3) is 0 Å². The number of hydrogen-bond acceptors (Lipinski definition) is 4. The monoisotopic (exact) mass is 250 g/mol. The van der Waals surface area contributed by atoms with Crippen molar-refractivity contribution in [3.63, 3.8) is 0 Å². The second-order valence-corrected chi connectivity index (χ2v) is 5.45. The molecule has 1 N–H and O–H groups in total. The lowest BCUT2D eigenvalue weighted by Crippen LogP contribution is -2.25. The number of hydrogen-bond donors (Lipinski definition) is 1. The Morgan fingerprint density at radius 3 is 2.94 bits per heavy atom. The van der Waals surface area contributed by atoms with Crippen molar-refractivity contribution in [2.75, 3.05) is 26.2 Å². The molecule has 2 aliphatic heterocycles. The highest BCUT2D eigenvalue weighted by Gasteiger charge is 2.31. The van der Waals surface area contributed by atoms with Crippen molar-refractivity contribution >= 4 is 0 Å². The van der Waals surface area contributed by atoms with Gasteiger partial charge in [0.05, 0.1) is 12.6 Å². The van der Waals surface area contributed by atoms with E-state index < -0.39 is 0 Å². The van der Waals surface area contributed by atoms with Crippen LogP contribution >= 0.6 is 0 Å². The van der Waals surface area contributed by atoms with E-state index in [1.807, 2.05) is 0 Å². The highest BCUT2D eigenvalue weighted by atomic mass is 16.3. The zero-order chi connectivity index (χ0) is 12.5. The van der Waals surface area contributed by atoms with E-state index in [2.05, 4.69) is 26.6 Å². The van der Waals surface area contributed by atoms with E-state index in [1.54, 1.807) is 0 Å². The molecule has 0 bridgehead atoms. The summed E-state index contributed by atoms with van der Waals surface area (Å²) < 4.78 is 2.23. The molecule has 1 aromatic rings. The number of aryl methyl sites for hydroxylation is 1. The first-order valence-corrected chi connectivity index (χ1v) is 7.10. The van der Waals surface area contributed by atoms with Gasteiger partial charge >= 0.3 is 0 Å². The van der Waals surface area contributed by atoms with E-state index in [0.717, 1.165) is 50.5 Å². The number of nitrogens with zero attached hydrogens (tertiary/aromatic N) is 4. The average molecular weight is 250 g/mol. The highest BCUT2D eigenvalue weighted by molar-refractivity contribution is 5.09. The summed E-state index contributed by atoms with van der Waals surface area (Å²) in [6.45, 7) is 5.78. The Morgan fingerprint density at radius 1 is 1.33 bits per heavy atom. The predicted molar refractivity (Wildman–Crippen MR) is 68.6 cm³/mol. The summed E-state index contributed by atoms with van der Waals surface area (Å²) in [7, 11) is 0. The lowest BCUT2D eigenvalue weighted by Gasteiger charge is -2.25. The zero-order valence-corrected chi connectivity index (χ0v) is 11.0. The molecule has 0 spiro atoms. The van der Waals surface area contributed by atoms with E-state index in [9.17, 15) is 5.11 Å². The van der Waals surface area contributed by atoms with Gasteiger partial charge in [-0.05, 0) is 32.4 Å². The molecule has 0 aliphatic carbocycles. The molecule has 2 atom stereocenters. The lowest BCUT2D eigenvalue weighted by atomic mass is 10.0. The molecule has 2 aliphatic rings. The van der Waals surface area contributed by atoms with Crippen LogP contribution in [0.3, 0.4) is 0 Å². The van der Waals surface area contributed by atoms with Gasteiger partial charge in [0, 0.05) is 18.9 Å². The summed E-state index contributed by atoms with van der Waals surface area (Å²) in [4.78, 5) is 2.46.